The second kappa shape index (κ2) is 8.19. The molecule has 28 heavy (non-hydrogen) atoms. The number of aryl methyl sites for hydroxylation is 1. The fraction of sp³-hybridized carbons (Fsp3) is 0.375. The number of hydrogen-bond acceptors (Lipinski definition) is 2. The highest BCUT2D eigenvalue weighted by Crippen LogP contribution is 2.34. The minimum absolute atomic E-state index is 0.0732. The zero-order valence-electron chi connectivity index (χ0n) is 16.8. The maximum Gasteiger partial charge on any atom is 0.223 e. The first-order valence-corrected chi connectivity index (χ1v) is 10.3. The summed E-state index contributed by atoms with van der Waals surface area (Å²) in [6.07, 6.45) is 2.72. The van der Waals surface area contributed by atoms with Gasteiger partial charge < -0.3 is 14.4 Å². The molecule has 1 aromatic heterocycles. The Morgan fingerprint density at radius 3 is 2.36 bits per heavy atom. The number of likely N-dealkylation sites (N-methyl/N-ethyl adjacent to an activating group) is 1. The van der Waals surface area contributed by atoms with E-state index in [2.05, 4.69) is 78.2 Å². The van der Waals surface area contributed by atoms with Gasteiger partial charge in [0.05, 0.1) is 0 Å². The van der Waals surface area contributed by atoms with Gasteiger partial charge in [0.2, 0.25) is 5.91 Å². The van der Waals surface area contributed by atoms with Gasteiger partial charge in [-0.2, -0.15) is 0 Å². The summed E-state index contributed by atoms with van der Waals surface area (Å²) < 4.78 is 2.17. The van der Waals surface area contributed by atoms with Crippen LogP contribution in [0.1, 0.15) is 30.4 Å². The quantitative estimate of drug-likeness (QED) is 0.677. The molecular weight excluding hydrogens is 346 g/mol. The molecule has 1 saturated heterocycles. The number of piperazine rings is 1. The van der Waals surface area contributed by atoms with Crippen LogP contribution < -0.4 is 0 Å². The summed E-state index contributed by atoms with van der Waals surface area (Å²) in [7, 11) is 2.08. The third kappa shape index (κ3) is 3.69. The van der Waals surface area contributed by atoms with Gasteiger partial charge in [-0.1, -0.05) is 55.5 Å². The lowest BCUT2D eigenvalue weighted by molar-refractivity contribution is -0.133. The molecule has 4 heteroatoms. The molecule has 2 heterocycles. The number of rotatable bonds is 5. The van der Waals surface area contributed by atoms with E-state index >= 15 is 0 Å². The molecule has 0 bridgehead atoms. The molecule has 4 nitrogen and oxygen atoms in total. The number of hydrogen-bond donors (Lipinski definition) is 0. The number of para-hydroxylation sites is 1. The van der Waals surface area contributed by atoms with E-state index in [0.29, 0.717) is 6.42 Å². The van der Waals surface area contributed by atoms with Crippen LogP contribution >= 0.6 is 0 Å². The Labute approximate surface area is 167 Å². The largest absolute Gasteiger partial charge is 0.350 e. The van der Waals surface area contributed by atoms with Crippen molar-refractivity contribution in [2.75, 3.05) is 32.7 Å². The van der Waals surface area contributed by atoms with Crippen LogP contribution in [0.5, 0.6) is 0 Å². The third-order valence-electron chi connectivity index (χ3n) is 6.06. The van der Waals surface area contributed by atoms with Gasteiger partial charge in [-0.15, -0.1) is 0 Å². The van der Waals surface area contributed by atoms with Crippen molar-refractivity contribution in [2.24, 2.45) is 7.05 Å². The molecule has 146 valence electrons. The summed E-state index contributed by atoms with van der Waals surface area (Å²) >= 11 is 0. The number of nitrogens with zero attached hydrogens (tertiary/aromatic N) is 3. The fourth-order valence-corrected chi connectivity index (χ4v) is 4.36. The van der Waals surface area contributed by atoms with E-state index in [4.69, 9.17) is 0 Å². The molecule has 0 radical (unpaired) electrons. The van der Waals surface area contributed by atoms with Crippen molar-refractivity contribution in [2.45, 2.75) is 19.3 Å². The van der Waals surface area contributed by atoms with Crippen LogP contribution in [-0.2, 0) is 11.8 Å². The lowest BCUT2D eigenvalue weighted by Crippen LogP contribution is -2.48. The van der Waals surface area contributed by atoms with E-state index in [1.54, 1.807) is 0 Å². The van der Waals surface area contributed by atoms with Crippen LogP contribution in [0.3, 0.4) is 0 Å². The van der Waals surface area contributed by atoms with Gasteiger partial charge in [-0.25, -0.2) is 0 Å². The second-order valence-corrected chi connectivity index (χ2v) is 7.69. The Morgan fingerprint density at radius 1 is 0.964 bits per heavy atom. The van der Waals surface area contributed by atoms with E-state index in [9.17, 15) is 4.79 Å². The number of amides is 1. The number of aromatic nitrogens is 1. The summed E-state index contributed by atoms with van der Waals surface area (Å²) in [5, 5.41) is 1.24. The Morgan fingerprint density at radius 2 is 1.64 bits per heavy atom. The Kier molecular flexibility index (Phi) is 5.49. The topological polar surface area (TPSA) is 28.5 Å². The minimum atomic E-state index is 0.0732. The maximum atomic E-state index is 13.2. The Balaban J connectivity index is 1.64. The zero-order valence-corrected chi connectivity index (χ0v) is 16.8. The molecule has 0 spiro atoms. The third-order valence-corrected chi connectivity index (χ3v) is 6.06. The summed E-state index contributed by atoms with van der Waals surface area (Å²) in [5.41, 5.74) is 3.66. The predicted molar refractivity (Wildman–Crippen MR) is 115 cm³/mol. The van der Waals surface area contributed by atoms with E-state index in [-0.39, 0.29) is 11.8 Å². The van der Waals surface area contributed by atoms with Crippen LogP contribution in [0, 0.1) is 0 Å². The molecule has 3 aromatic rings. The highest BCUT2D eigenvalue weighted by Gasteiger charge is 2.26. The molecule has 0 N–H and O–H groups in total. The van der Waals surface area contributed by atoms with Crippen LogP contribution in [0.25, 0.3) is 10.9 Å². The zero-order chi connectivity index (χ0) is 19.5. The molecule has 1 aliphatic rings. The molecule has 1 atom stereocenters. The number of carbonyl (C=O) groups excluding carboxylic acids is 1. The first-order valence-electron chi connectivity index (χ1n) is 10.3. The lowest BCUT2D eigenvalue weighted by atomic mass is 9.87. The summed E-state index contributed by atoms with van der Waals surface area (Å²) in [6.45, 7) is 6.88. The van der Waals surface area contributed by atoms with Crippen molar-refractivity contribution in [1.82, 2.24) is 14.4 Å². The average molecular weight is 376 g/mol. The van der Waals surface area contributed by atoms with E-state index in [1.807, 2.05) is 11.0 Å². The summed E-state index contributed by atoms with van der Waals surface area (Å²) in [6, 6.07) is 18.9. The van der Waals surface area contributed by atoms with Crippen molar-refractivity contribution in [3.8, 4) is 0 Å². The average Bonchev–Trinajstić information content (AvgIpc) is 3.09. The van der Waals surface area contributed by atoms with Crippen LogP contribution in [0.2, 0.25) is 0 Å². The maximum absolute atomic E-state index is 13.2. The molecule has 4 rings (SSSR count). The van der Waals surface area contributed by atoms with Crippen molar-refractivity contribution in [3.05, 3.63) is 71.9 Å². The Bertz CT molecular complexity index is 939. The molecule has 0 aliphatic carbocycles. The minimum Gasteiger partial charge on any atom is -0.350 e. The molecular formula is C24H29N3O. The summed E-state index contributed by atoms with van der Waals surface area (Å²) in [4.78, 5) is 17.6. The highest BCUT2D eigenvalue weighted by atomic mass is 16.2. The fourth-order valence-electron chi connectivity index (χ4n) is 4.36. The van der Waals surface area contributed by atoms with Gasteiger partial charge in [0.25, 0.3) is 0 Å². The number of fused-ring (bicyclic) bond motifs is 1. The first kappa shape index (κ1) is 18.8. The van der Waals surface area contributed by atoms with Gasteiger partial charge in [0.1, 0.15) is 0 Å². The van der Waals surface area contributed by atoms with Gasteiger partial charge in [0.15, 0.2) is 0 Å². The molecule has 2 aromatic carbocycles. The van der Waals surface area contributed by atoms with E-state index < -0.39 is 0 Å². The van der Waals surface area contributed by atoms with Crippen molar-refractivity contribution in [3.63, 3.8) is 0 Å². The predicted octanol–water partition coefficient (Wildman–Crippen LogP) is 3.86. The van der Waals surface area contributed by atoms with Crippen molar-refractivity contribution < 1.29 is 4.79 Å². The molecule has 0 saturated carbocycles. The van der Waals surface area contributed by atoms with Gasteiger partial charge in [-0.05, 0) is 23.7 Å². The highest BCUT2D eigenvalue weighted by molar-refractivity contribution is 5.86. The standard InChI is InChI=1S/C24H29N3O/c1-3-26-13-15-27(16-14-26)24(28)17-21(19-9-5-4-6-10-19)22-18-25(2)23-12-8-7-11-20(22)23/h4-12,18,21H,3,13-17H2,1-2H3. The second-order valence-electron chi connectivity index (χ2n) is 7.69. The van der Waals surface area contributed by atoms with Crippen LogP contribution in [0.4, 0.5) is 0 Å². The SMILES string of the molecule is CCN1CCN(C(=O)CC(c2ccccc2)c2cn(C)c3ccccc23)CC1. The van der Waals surface area contributed by atoms with Crippen LogP contribution in [0.15, 0.2) is 60.8 Å². The van der Waals surface area contributed by atoms with Gasteiger partial charge in [0, 0.05) is 62.7 Å². The lowest BCUT2D eigenvalue weighted by Gasteiger charge is -2.34. The van der Waals surface area contributed by atoms with Gasteiger partial charge in [-0.3, -0.25) is 4.79 Å². The molecule has 1 unspecified atom stereocenters. The smallest absolute Gasteiger partial charge is 0.223 e. The monoisotopic (exact) mass is 375 g/mol. The first-order chi connectivity index (χ1) is 13.7. The number of benzene rings is 2. The van der Waals surface area contributed by atoms with E-state index in [0.717, 1.165) is 32.7 Å². The number of carbonyl (C=O) groups is 1. The van der Waals surface area contributed by atoms with Crippen LogP contribution in [-0.4, -0.2) is 53.0 Å². The normalized spacial score (nSPS) is 16.4. The van der Waals surface area contributed by atoms with Crippen molar-refractivity contribution in [1.29, 1.82) is 0 Å². The molecule has 1 aliphatic heterocycles. The van der Waals surface area contributed by atoms with Gasteiger partial charge >= 0.3 is 0 Å². The molecule has 1 amide bonds. The van der Waals surface area contributed by atoms with E-state index in [1.165, 1.54) is 22.0 Å². The summed E-state index contributed by atoms with van der Waals surface area (Å²) in [5.74, 6) is 0.335. The molecule has 1 fully saturated rings. The van der Waals surface area contributed by atoms with Crippen molar-refractivity contribution >= 4 is 16.8 Å². The Hall–Kier alpha value is -2.59.